The summed E-state index contributed by atoms with van der Waals surface area (Å²) in [6, 6.07) is 0. The van der Waals surface area contributed by atoms with E-state index in [1.807, 2.05) is 19.3 Å². The molecular formula is C16H22N4O. The molecule has 0 unspecified atom stereocenters. The Balaban J connectivity index is 1.46. The summed E-state index contributed by atoms with van der Waals surface area (Å²) in [5.74, 6) is 2.56. The van der Waals surface area contributed by atoms with Crippen molar-refractivity contribution in [3.63, 3.8) is 0 Å². The Hall–Kier alpha value is -1.65. The minimum absolute atomic E-state index is 0.155. The monoisotopic (exact) mass is 286 g/mol. The quantitative estimate of drug-likeness (QED) is 0.844. The van der Waals surface area contributed by atoms with Gasteiger partial charge in [-0.3, -0.25) is 4.79 Å². The molecule has 1 aromatic rings. The molecule has 0 aromatic carbocycles. The molecule has 5 heteroatoms. The van der Waals surface area contributed by atoms with E-state index in [0.29, 0.717) is 11.8 Å². The van der Waals surface area contributed by atoms with Gasteiger partial charge in [0.25, 0.3) is 0 Å². The van der Waals surface area contributed by atoms with Gasteiger partial charge in [-0.15, -0.1) is 0 Å². The van der Waals surface area contributed by atoms with E-state index in [9.17, 15) is 4.79 Å². The van der Waals surface area contributed by atoms with Crippen molar-refractivity contribution in [1.29, 1.82) is 0 Å². The zero-order valence-corrected chi connectivity index (χ0v) is 12.5. The highest BCUT2D eigenvalue weighted by Gasteiger charge is 2.44. The molecule has 112 valence electrons. The number of rotatable bonds is 3. The summed E-state index contributed by atoms with van der Waals surface area (Å²) in [6.45, 7) is 5.64. The van der Waals surface area contributed by atoms with Gasteiger partial charge in [-0.25, -0.2) is 9.97 Å². The molecule has 0 N–H and O–H groups in total. The normalized spacial score (nSPS) is 28.9. The molecule has 0 spiro atoms. The highest BCUT2D eigenvalue weighted by atomic mass is 16.2. The maximum atomic E-state index is 12.7. The number of aryl methyl sites for hydroxylation is 1. The van der Waals surface area contributed by atoms with E-state index in [-0.39, 0.29) is 5.92 Å². The maximum Gasteiger partial charge on any atom is 0.227 e. The predicted octanol–water partition coefficient (Wildman–Crippen LogP) is 1.48. The number of hydrogen-bond donors (Lipinski definition) is 0. The van der Waals surface area contributed by atoms with Crippen LogP contribution >= 0.6 is 0 Å². The smallest absolute Gasteiger partial charge is 0.227 e. The third-order valence-corrected chi connectivity index (χ3v) is 5.07. The van der Waals surface area contributed by atoms with Crippen LogP contribution in [0.5, 0.6) is 0 Å². The van der Waals surface area contributed by atoms with Crippen molar-refractivity contribution in [1.82, 2.24) is 14.9 Å². The Morgan fingerprint density at radius 3 is 2.67 bits per heavy atom. The van der Waals surface area contributed by atoms with Gasteiger partial charge in [0.05, 0.1) is 5.92 Å². The Bertz CT molecular complexity index is 540. The topological polar surface area (TPSA) is 49.3 Å². The first-order valence-corrected chi connectivity index (χ1v) is 8.03. The van der Waals surface area contributed by atoms with Crippen LogP contribution < -0.4 is 4.90 Å². The lowest BCUT2D eigenvalue weighted by Gasteiger charge is -2.33. The van der Waals surface area contributed by atoms with Crippen molar-refractivity contribution < 1.29 is 4.79 Å². The van der Waals surface area contributed by atoms with E-state index in [2.05, 4.69) is 19.8 Å². The highest BCUT2D eigenvalue weighted by Crippen LogP contribution is 2.36. The Labute approximate surface area is 125 Å². The van der Waals surface area contributed by atoms with Crippen molar-refractivity contribution in [3.8, 4) is 0 Å². The standard InChI is InChI=1S/C16H22N4O/c1-11-6-17-16(18-7-11)20-9-13-4-5-19(8-12-2-3-12)15(21)14(13)10-20/h6-7,12-14H,2-5,8-10H2,1H3/t13-,14-/m1/s1. The van der Waals surface area contributed by atoms with Crippen molar-refractivity contribution in [3.05, 3.63) is 18.0 Å². The lowest BCUT2D eigenvalue weighted by Crippen LogP contribution is -2.46. The number of nitrogens with zero attached hydrogens (tertiary/aromatic N) is 4. The van der Waals surface area contributed by atoms with Crippen LogP contribution in [0.4, 0.5) is 5.95 Å². The fourth-order valence-electron chi connectivity index (χ4n) is 3.62. The summed E-state index contributed by atoms with van der Waals surface area (Å²) in [7, 11) is 0. The lowest BCUT2D eigenvalue weighted by atomic mass is 9.88. The van der Waals surface area contributed by atoms with Gasteiger partial charge >= 0.3 is 0 Å². The molecule has 3 heterocycles. The van der Waals surface area contributed by atoms with E-state index in [1.165, 1.54) is 12.8 Å². The second-order valence-corrected chi connectivity index (χ2v) is 6.85. The van der Waals surface area contributed by atoms with E-state index in [4.69, 9.17) is 0 Å². The summed E-state index contributed by atoms with van der Waals surface area (Å²) < 4.78 is 0. The van der Waals surface area contributed by atoms with Crippen LogP contribution in [0.2, 0.25) is 0 Å². The number of hydrogen-bond acceptors (Lipinski definition) is 4. The number of aromatic nitrogens is 2. The van der Waals surface area contributed by atoms with E-state index >= 15 is 0 Å². The number of amides is 1. The fourth-order valence-corrected chi connectivity index (χ4v) is 3.62. The molecule has 1 saturated carbocycles. The lowest BCUT2D eigenvalue weighted by molar-refractivity contribution is -0.139. The first kappa shape index (κ1) is 13.0. The maximum absolute atomic E-state index is 12.7. The number of anilines is 1. The summed E-state index contributed by atoms with van der Waals surface area (Å²) in [6.07, 6.45) is 7.45. The number of fused-ring (bicyclic) bond motifs is 1. The van der Waals surface area contributed by atoms with E-state index < -0.39 is 0 Å². The van der Waals surface area contributed by atoms with Crippen LogP contribution in [-0.2, 0) is 4.79 Å². The van der Waals surface area contributed by atoms with Gasteiger partial charge in [-0.1, -0.05) is 0 Å². The molecule has 0 bridgehead atoms. The van der Waals surface area contributed by atoms with Gasteiger partial charge in [0.1, 0.15) is 0 Å². The van der Waals surface area contributed by atoms with Crippen LogP contribution in [-0.4, -0.2) is 47.0 Å². The van der Waals surface area contributed by atoms with Gasteiger partial charge < -0.3 is 9.80 Å². The summed E-state index contributed by atoms with van der Waals surface area (Å²) in [5, 5.41) is 0. The molecule has 2 saturated heterocycles. The number of carbonyl (C=O) groups excluding carboxylic acids is 1. The van der Waals surface area contributed by atoms with Gasteiger partial charge in [-0.2, -0.15) is 0 Å². The molecule has 5 nitrogen and oxygen atoms in total. The molecule has 1 amide bonds. The first-order valence-electron chi connectivity index (χ1n) is 8.03. The minimum Gasteiger partial charge on any atom is -0.342 e. The average molecular weight is 286 g/mol. The molecular weight excluding hydrogens is 264 g/mol. The van der Waals surface area contributed by atoms with Gasteiger partial charge in [0, 0.05) is 38.6 Å². The summed E-state index contributed by atoms with van der Waals surface area (Å²) in [4.78, 5) is 25.8. The van der Waals surface area contributed by atoms with Gasteiger partial charge in [-0.05, 0) is 43.6 Å². The fraction of sp³-hybridized carbons (Fsp3) is 0.688. The molecule has 4 rings (SSSR count). The second-order valence-electron chi connectivity index (χ2n) is 6.85. The average Bonchev–Trinajstić information content (AvgIpc) is 3.19. The number of carbonyl (C=O) groups is 1. The van der Waals surface area contributed by atoms with Crippen molar-refractivity contribution >= 4 is 11.9 Å². The Morgan fingerprint density at radius 2 is 1.95 bits per heavy atom. The van der Waals surface area contributed by atoms with E-state index in [1.54, 1.807) is 0 Å². The van der Waals surface area contributed by atoms with E-state index in [0.717, 1.165) is 50.0 Å². The van der Waals surface area contributed by atoms with Crippen LogP contribution in [0, 0.1) is 24.7 Å². The minimum atomic E-state index is 0.155. The molecule has 21 heavy (non-hydrogen) atoms. The molecule has 1 aliphatic carbocycles. The zero-order valence-electron chi connectivity index (χ0n) is 12.5. The first-order chi connectivity index (χ1) is 10.2. The van der Waals surface area contributed by atoms with Crippen LogP contribution in [0.3, 0.4) is 0 Å². The summed E-state index contributed by atoms with van der Waals surface area (Å²) >= 11 is 0. The third kappa shape index (κ3) is 2.49. The molecule has 3 aliphatic rings. The van der Waals surface area contributed by atoms with Gasteiger partial charge in [0.2, 0.25) is 11.9 Å². The van der Waals surface area contributed by atoms with Crippen molar-refractivity contribution in [2.75, 3.05) is 31.1 Å². The molecule has 1 aromatic heterocycles. The van der Waals surface area contributed by atoms with Crippen molar-refractivity contribution in [2.24, 2.45) is 17.8 Å². The largest absolute Gasteiger partial charge is 0.342 e. The van der Waals surface area contributed by atoms with Crippen LogP contribution in [0.25, 0.3) is 0 Å². The Morgan fingerprint density at radius 1 is 1.19 bits per heavy atom. The molecule has 0 radical (unpaired) electrons. The van der Waals surface area contributed by atoms with Gasteiger partial charge in [0.15, 0.2) is 0 Å². The number of likely N-dealkylation sites (tertiary alicyclic amines) is 1. The van der Waals surface area contributed by atoms with Crippen LogP contribution in [0.15, 0.2) is 12.4 Å². The predicted molar refractivity (Wildman–Crippen MR) is 79.9 cm³/mol. The van der Waals surface area contributed by atoms with Crippen LogP contribution in [0.1, 0.15) is 24.8 Å². The Kier molecular flexibility index (Phi) is 3.08. The zero-order chi connectivity index (χ0) is 14.4. The number of piperidine rings is 1. The SMILES string of the molecule is Cc1cnc(N2C[C@H]3CCN(CC4CC4)C(=O)[C@@H]3C2)nc1. The third-order valence-electron chi connectivity index (χ3n) is 5.07. The molecule has 2 atom stereocenters. The molecule has 3 fully saturated rings. The highest BCUT2D eigenvalue weighted by molar-refractivity contribution is 5.81. The second kappa shape index (κ2) is 4.97. The summed E-state index contributed by atoms with van der Waals surface area (Å²) in [5.41, 5.74) is 1.07. The molecule has 2 aliphatic heterocycles. The van der Waals surface area contributed by atoms with Crippen molar-refractivity contribution in [2.45, 2.75) is 26.2 Å².